The molecule has 1 amide bonds. The summed E-state index contributed by atoms with van der Waals surface area (Å²) in [5.74, 6) is -0.255. The first-order valence-electron chi connectivity index (χ1n) is 6.83. The molecule has 2 rings (SSSR count). The summed E-state index contributed by atoms with van der Waals surface area (Å²) in [4.78, 5) is 16.2. The highest BCUT2D eigenvalue weighted by molar-refractivity contribution is 6.29. The first kappa shape index (κ1) is 14.4. The molecule has 0 unspecified atom stereocenters. The van der Waals surface area contributed by atoms with Gasteiger partial charge in [0.25, 0.3) is 5.91 Å². The van der Waals surface area contributed by atoms with Crippen LogP contribution in [-0.2, 0) is 4.79 Å². The highest BCUT2D eigenvalue weighted by atomic mass is 16.3. The van der Waals surface area contributed by atoms with Gasteiger partial charge in [0.05, 0.1) is 23.4 Å². The second-order valence-corrected chi connectivity index (χ2v) is 4.93. The molecule has 0 aromatic heterocycles. The van der Waals surface area contributed by atoms with Crippen LogP contribution in [0.25, 0.3) is 0 Å². The van der Waals surface area contributed by atoms with Gasteiger partial charge in [0.15, 0.2) is 0 Å². The fourth-order valence-electron chi connectivity index (χ4n) is 2.54. The Kier molecular flexibility index (Phi) is 4.59. The Morgan fingerprint density at radius 1 is 1.60 bits per heavy atom. The van der Waals surface area contributed by atoms with Gasteiger partial charge in [0.2, 0.25) is 0 Å². The molecule has 0 radical (unpaired) electrons. The van der Waals surface area contributed by atoms with Crippen LogP contribution in [0.5, 0.6) is 0 Å². The number of aliphatic hydroxyl groups excluding tert-OH is 1. The molecule has 1 saturated carbocycles. The van der Waals surface area contributed by atoms with E-state index in [-0.39, 0.29) is 11.9 Å². The molecule has 2 atom stereocenters. The standard InChI is InChI=1S/C15H19N3O2/c1-3-11-14(16-4-2)10(9-17-11)15(20)18-12-7-5-6-8-13(12)19/h2-3,9,12-13,17,19H,5-8H2,1H3,(H,18,20)/b11-3+,16-14?/t12-,13-/m0/s1. The number of nitrogens with zero attached hydrogens (tertiary/aromatic N) is 1. The molecule has 5 nitrogen and oxygen atoms in total. The van der Waals surface area contributed by atoms with Gasteiger partial charge in [-0.15, -0.1) is 0 Å². The highest BCUT2D eigenvalue weighted by Crippen LogP contribution is 2.20. The number of carbonyl (C=O) groups is 1. The van der Waals surface area contributed by atoms with Crippen molar-refractivity contribution >= 4 is 11.6 Å². The van der Waals surface area contributed by atoms with Gasteiger partial charge in [-0.1, -0.05) is 25.3 Å². The van der Waals surface area contributed by atoms with Gasteiger partial charge in [0.1, 0.15) is 5.71 Å². The summed E-state index contributed by atoms with van der Waals surface area (Å²) in [6.07, 6.45) is 11.7. The van der Waals surface area contributed by atoms with Gasteiger partial charge in [-0.3, -0.25) is 4.79 Å². The second kappa shape index (κ2) is 6.40. The van der Waals surface area contributed by atoms with Crippen LogP contribution in [0, 0.1) is 12.5 Å². The quantitative estimate of drug-likeness (QED) is 0.652. The predicted octanol–water partition coefficient (Wildman–Crippen LogP) is 0.829. The lowest BCUT2D eigenvalue weighted by Gasteiger charge is -2.28. The van der Waals surface area contributed by atoms with E-state index in [2.05, 4.69) is 21.7 Å². The number of aliphatic hydroxyl groups is 1. The zero-order valence-corrected chi connectivity index (χ0v) is 11.5. The average molecular weight is 273 g/mol. The van der Waals surface area contributed by atoms with Crippen LogP contribution in [0.15, 0.2) is 28.5 Å². The Morgan fingerprint density at radius 3 is 3.00 bits per heavy atom. The minimum Gasteiger partial charge on any atom is -0.391 e. The first-order chi connectivity index (χ1) is 9.67. The van der Waals surface area contributed by atoms with Gasteiger partial charge in [-0.05, 0) is 19.8 Å². The molecule has 0 bridgehead atoms. The summed E-state index contributed by atoms with van der Waals surface area (Å²) < 4.78 is 0. The van der Waals surface area contributed by atoms with E-state index in [0.29, 0.717) is 11.3 Å². The predicted molar refractivity (Wildman–Crippen MR) is 77.6 cm³/mol. The van der Waals surface area contributed by atoms with Crippen LogP contribution in [0.2, 0.25) is 0 Å². The summed E-state index contributed by atoms with van der Waals surface area (Å²) in [6.45, 7) is 1.84. The molecule has 0 aromatic carbocycles. The first-order valence-corrected chi connectivity index (χ1v) is 6.83. The zero-order valence-electron chi connectivity index (χ0n) is 11.5. The number of nitrogens with one attached hydrogen (secondary N) is 2. The topological polar surface area (TPSA) is 73.7 Å². The molecule has 3 N–H and O–H groups in total. The highest BCUT2D eigenvalue weighted by Gasteiger charge is 2.29. The third-order valence-corrected chi connectivity index (χ3v) is 3.64. The molecule has 1 aliphatic carbocycles. The Balaban J connectivity index is 2.09. The van der Waals surface area contributed by atoms with Gasteiger partial charge in [0, 0.05) is 12.2 Å². The van der Waals surface area contributed by atoms with E-state index in [0.717, 1.165) is 31.4 Å². The monoisotopic (exact) mass is 273 g/mol. The lowest BCUT2D eigenvalue weighted by Crippen LogP contribution is -2.46. The van der Waals surface area contributed by atoms with E-state index in [9.17, 15) is 9.90 Å². The van der Waals surface area contributed by atoms with E-state index in [1.807, 2.05) is 13.0 Å². The molecular weight excluding hydrogens is 254 g/mol. The Bertz CT molecular complexity index is 526. The number of rotatable bonds is 2. The van der Waals surface area contributed by atoms with Crippen LogP contribution >= 0.6 is 0 Å². The summed E-state index contributed by atoms with van der Waals surface area (Å²) in [5.41, 5.74) is 1.60. The molecule has 2 aliphatic rings. The lowest BCUT2D eigenvalue weighted by molar-refractivity contribution is -0.118. The van der Waals surface area contributed by atoms with Crippen molar-refractivity contribution in [2.75, 3.05) is 0 Å². The molecule has 1 fully saturated rings. The van der Waals surface area contributed by atoms with Crippen molar-refractivity contribution in [3.63, 3.8) is 0 Å². The molecule has 106 valence electrons. The van der Waals surface area contributed by atoms with Crippen molar-refractivity contribution in [3.05, 3.63) is 23.5 Å². The van der Waals surface area contributed by atoms with E-state index in [1.165, 1.54) is 0 Å². The number of allylic oxidation sites excluding steroid dienone is 2. The minimum atomic E-state index is -0.475. The number of amides is 1. The maximum atomic E-state index is 12.3. The van der Waals surface area contributed by atoms with Crippen LogP contribution in [-0.4, -0.2) is 28.9 Å². The fraction of sp³-hybridized carbons (Fsp3) is 0.467. The second-order valence-electron chi connectivity index (χ2n) is 4.93. The number of carbonyl (C=O) groups excluding carboxylic acids is 1. The van der Waals surface area contributed by atoms with Crippen LogP contribution in [0.3, 0.4) is 0 Å². The molecule has 20 heavy (non-hydrogen) atoms. The van der Waals surface area contributed by atoms with Crippen molar-refractivity contribution in [3.8, 4) is 12.5 Å². The average Bonchev–Trinajstić information content (AvgIpc) is 2.85. The van der Waals surface area contributed by atoms with Crippen LogP contribution in [0.4, 0.5) is 0 Å². The van der Waals surface area contributed by atoms with E-state index < -0.39 is 6.10 Å². The third kappa shape index (κ3) is 2.91. The zero-order chi connectivity index (χ0) is 14.5. The largest absolute Gasteiger partial charge is 0.391 e. The maximum absolute atomic E-state index is 12.3. The van der Waals surface area contributed by atoms with Crippen molar-refractivity contribution in [1.29, 1.82) is 0 Å². The Morgan fingerprint density at radius 2 is 2.35 bits per heavy atom. The van der Waals surface area contributed by atoms with Gasteiger partial charge in [-0.25, -0.2) is 0 Å². The normalized spacial score (nSPS) is 29.8. The van der Waals surface area contributed by atoms with E-state index >= 15 is 0 Å². The SMILES string of the molecule is C#CN=C1C(C(=O)N[C@H]2CCCC[C@@H]2O)=CN/C1=C/C. The summed E-state index contributed by atoms with van der Waals surface area (Å²) >= 11 is 0. The molecule has 1 heterocycles. The molecular formula is C15H19N3O2. The minimum absolute atomic E-state index is 0.195. The maximum Gasteiger partial charge on any atom is 0.255 e. The Labute approximate surface area is 118 Å². The number of hydrogen-bond donors (Lipinski definition) is 3. The number of hydrogen-bond acceptors (Lipinski definition) is 4. The third-order valence-electron chi connectivity index (χ3n) is 3.64. The van der Waals surface area contributed by atoms with E-state index in [1.54, 1.807) is 6.20 Å². The van der Waals surface area contributed by atoms with Gasteiger partial charge < -0.3 is 15.7 Å². The van der Waals surface area contributed by atoms with Crippen LogP contribution in [0.1, 0.15) is 32.6 Å². The Hall–Kier alpha value is -2.06. The van der Waals surface area contributed by atoms with Crippen molar-refractivity contribution in [1.82, 2.24) is 10.6 Å². The lowest BCUT2D eigenvalue weighted by atomic mass is 9.92. The van der Waals surface area contributed by atoms with Crippen molar-refractivity contribution in [2.24, 2.45) is 4.99 Å². The molecule has 0 saturated heterocycles. The summed E-state index contributed by atoms with van der Waals surface area (Å²) in [5, 5.41) is 15.7. The number of aliphatic imine (C=N–C) groups is 1. The van der Waals surface area contributed by atoms with Gasteiger partial charge >= 0.3 is 0 Å². The smallest absolute Gasteiger partial charge is 0.255 e. The van der Waals surface area contributed by atoms with Crippen molar-refractivity contribution in [2.45, 2.75) is 44.8 Å². The molecule has 0 aromatic rings. The number of terminal acetylenes is 1. The van der Waals surface area contributed by atoms with E-state index in [4.69, 9.17) is 6.42 Å². The fourth-order valence-corrected chi connectivity index (χ4v) is 2.54. The summed E-state index contributed by atoms with van der Waals surface area (Å²) in [7, 11) is 0. The van der Waals surface area contributed by atoms with Crippen LogP contribution < -0.4 is 10.6 Å². The molecule has 1 aliphatic heterocycles. The van der Waals surface area contributed by atoms with Crippen molar-refractivity contribution < 1.29 is 9.90 Å². The summed E-state index contributed by atoms with van der Waals surface area (Å²) in [6, 6.07) is 2.01. The molecule has 5 heteroatoms. The van der Waals surface area contributed by atoms with Gasteiger partial charge in [-0.2, -0.15) is 4.99 Å². The molecule has 0 spiro atoms.